The summed E-state index contributed by atoms with van der Waals surface area (Å²) in [7, 11) is 0. The standard InChI is InChI=1S/C15H22N4O2S/c1-3-4-5-6-7-8-9-13-17-18-15(22-13)16-14(20)12-10-11(2)19-21-12/h10H,3-9H2,1-2H3,(H,16,18,20). The van der Waals surface area contributed by atoms with Crippen molar-refractivity contribution in [3.63, 3.8) is 0 Å². The molecule has 0 fully saturated rings. The number of anilines is 1. The summed E-state index contributed by atoms with van der Waals surface area (Å²) >= 11 is 1.41. The third kappa shape index (κ3) is 5.22. The van der Waals surface area contributed by atoms with Crippen LogP contribution >= 0.6 is 11.3 Å². The van der Waals surface area contributed by atoms with Gasteiger partial charge in [0.05, 0.1) is 5.69 Å². The smallest absolute Gasteiger partial charge is 0.296 e. The number of amides is 1. The second-order valence-corrected chi connectivity index (χ2v) is 6.37. The Morgan fingerprint density at radius 2 is 2.00 bits per heavy atom. The lowest BCUT2D eigenvalue weighted by Gasteiger charge is -1.98. The van der Waals surface area contributed by atoms with Gasteiger partial charge in [-0.3, -0.25) is 10.1 Å². The summed E-state index contributed by atoms with van der Waals surface area (Å²) in [5, 5.41) is 15.9. The number of carbonyl (C=O) groups excluding carboxylic acids is 1. The van der Waals surface area contributed by atoms with Gasteiger partial charge >= 0.3 is 0 Å². The Balaban J connectivity index is 1.73. The first-order valence-electron chi connectivity index (χ1n) is 7.76. The molecule has 2 aromatic heterocycles. The van der Waals surface area contributed by atoms with Crippen LogP contribution in [0.15, 0.2) is 10.6 Å². The summed E-state index contributed by atoms with van der Waals surface area (Å²) in [6, 6.07) is 1.59. The molecule has 7 heteroatoms. The third-order valence-electron chi connectivity index (χ3n) is 3.28. The fourth-order valence-corrected chi connectivity index (χ4v) is 2.87. The number of hydrogen-bond donors (Lipinski definition) is 1. The van der Waals surface area contributed by atoms with Gasteiger partial charge in [0.1, 0.15) is 5.01 Å². The van der Waals surface area contributed by atoms with Crippen LogP contribution in [-0.4, -0.2) is 21.3 Å². The van der Waals surface area contributed by atoms with E-state index in [4.69, 9.17) is 4.52 Å². The van der Waals surface area contributed by atoms with Crippen LogP contribution in [0.5, 0.6) is 0 Å². The molecule has 2 aromatic rings. The minimum absolute atomic E-state index is 0.185. The van der Waals surface area contributed by atoms with Gasteiger partial charge < -0.3 is 4.52 Å². The van der Waals surface area contributed by atoms with E-state index in [2.05, 4.69) is 27.6 Å². The zero-order valence-electron chi connectivity index (χ0n) is 13.1. The van der Waals surface area contributed by atoms with Gasteiger partial charge in [0, 0.05) is 12.5 Å². The van der Waals surface area contributed by atoms with Crippen LogP contribution < -0.4 is 5.32 Å². The zero-order valence-corrected chi connectivity index (χ0v) is 13.9. The Hall–Kier alpha value is -1.76. The Kier molecular flexibility index (Phi) is 6.51. The van der Waals surface area contributed by atoms with Crippen molar-refractivity contribution in [2.24, 2.45) is 0 Å². The molecule has 0 radical (unpaired) electrons. The van der Waals surface area contributed by atoms with E-state index in [9.17, 15) is 4.79 Å². The maximum Gasteiger partial charge on any atom is 0.296 e. The predicted molar refractivity (Wildman–Crippen MR) is 86.2 cm³/mol. The number of hydrogen-bond acceptors (Lipinski definition) is 6. The molecule has 0 atom stereocenters. The second-order valence-electron chi connectivity index (χ2n) is 5.31. The van der Waals surface area contributed by atoms with E-state index in [-0.39, 0.29) is 11.7 Å². The topological polar surface area (TPSA) is 80.9 Å². The number of aromatic nitrogens is 3. The van der Waals surface area contributed by atoms with Crippen LogP contribution in [0.2, 0.25) is 0 Å². The molecule has 0 spiro atoms. The average Bonchev–Trinajstić information content (AvgIpc) is 3.12. The molecule has 0 aliphatic heterocycles. The van der Waals surface area contributed by atoms with E-state index in [0.717, 1.165) is 17.8 Å². The van der Waals surface area contributed by atoms with Crippen molar-refractivity contribution in [3.05, 3.63) is 22.5 Å². The quantitative estimate of drug-likeness (QED) is 0.706. The first-order chi connectivity index (χ1) is 10.7. The number of nitrogens with one attached hydrogen (secondary N) is 1. The van der Waals surface area contributed by atoms with Crippen LogP contribution in [-0.2, 0) is 6.42 Å². The minimum atomic E-state index is -0.345. The lowest BCUT2D eigenvalue weighted by molar-refractivity contribution is 0.0988. The molecule has 22 heavy (non-hydrogen) atoms. The first-order valence-corrected chi connectivity index (χ1v) is 8.57. The Bertz CT molecular complexity index is 594. The van der Waals surface area contributed by atoms with Crippen molar-refractivity contribution in [2.45, 2.75) is 58.8 Å². The summed E-state index contributed by atoms with van der Waals surface area (Å²) in [6.07, 6.45) is 8.43. The van der Waals surface area contributed by atoms with Crippen molar-refractivity contribution in [2.75, 3.05) is 5.32 Å². The second kappa shape index (κ2) is 8.63. The van der Waals surface area contributed by atoms with E-state index in [1.54, 1.807) is 13.0 Å². The molecule has 120 valence electrons. The first kappa shape index (κ1) is 16.6. The highest BCUT2D eigenvalue weighted by Crippen LogP contribution is 2.19. The molecule has 2 rings (SSSR count). The molecule has 0 unspecified atom stereocenters. The van der Waals surface area contributed by atoms with E-state index >= 15 is 0 Å². The molecule has 0 aliphatic carbocycles. The normalized spacial score (nSPS) is 10.8. The minimum Gasteiger partial charge on any atom is -0.351 e. The number of unbranched alkanes of at least 4 members (excludes halogenated alkanes) is 5. The van der Waals surface area contributed by atoms with Gasteiger partial charge in [0.25, 0.3) is 5.91 Å². The summed E-state index contributed by atoms with van der Waals surface area (Å²) < 4.78 is 4.91. The van der Waals surface area contributed by atoms with Crippen molar-refractivity contribution in [1.29, 1.82) is 0 Å². The summed E-state index contributed by atoms with van der Waals surface area (Å²) in [6.45, 7) is 3.99. The largest absolute Gasteiger partial charge is 0.351 e. The lowest BCUT2D eigenvalue weighted by Crippen LogP contribution is -2.10. The fraction of sp³-hybridized carbons (Fsp3) is 0.600. The predicted octanol–water partition coefficient (Wildman–Crippen LogP) is 3.99. The molecule has 1 amide bonds. The molecule has 0 saturated carbocycles. The fourth-order valence-electron chi connectivity index (χ4n) is 2.09. The Morgan fingerprint density at radius 3 is 2.73 bits per heavy atom. The maximum atomic E-state index is 11.9. The Morgan fingerprint density at radius 1 is 1.23 bits per heavy atom. The number of rotatable bonds is 9. The molecule has 0 bridgehead atoms. The van der Waals surface area contributed by atoms with E-state index in [0.29, 0.717) is 10.8 Å². The summed E-state index contributed by atoms with van der Waals surface area (Å²) in [5.74, 6) is -0.159. The van der Waals surface area contributed by atoms with Gasteiger partial charge in [-0.05, 0) is 13.3 Å². The van der Waals surface area contributed by atoms with Crippen LogP contribution in [0.4, 0.5) is 5.13 Å². The van der Waals surface area contributed by atoms with Gasteiger partial charge in [-0.15, -0.1) is 10.2 Å². The van der Waals surface area contributed by atoms with E-state index in [1.165, 1.54) is 43.4 Å². The molecular formula is C15H22N4O2S. The van der Waals surface area contributed by atoms with E-state index < -0.39 is 0 Å². The van der Waals surface area contributed by atoms with Crippen LogP contribution in [0.3, 0.4) is 0 Å². The maximum absolute atomic E-state index is 11.9. The number of nitrogens with zero attached hydrogens (tertiary/aromatic N) is 3. The van der Waals surface area contributed by atoms with Gasteiger partial charge in [-0.2, -0.15) is 0 Å². The molecule has 6 nitrogen and oxygen atoms in total. The molecule has 2 heterocycles. The number of aryl methyl sites for hydroxylation is 2. The van der Waals surface area contributed by atoms with Gasteiger partial charge in [0.15, 0.2) is 0 Å². The lowest BCUT2D eigenvalue weighted by atomic mass is 10.1. The molecule has 1 N–H and O–H groups in total. The number of carbonyl (C=O) groups is 1. The molecular weight excluding hydrogens is 300 g/mol. The van der Waals surface area contributed by atoms with Crippen LogP contribution in [0, 0.1) is 6.92 Å². The zero-order chi connectivity index (χ0) is 15.8. The highest BCUT2D eigenvalue weighted by Gasteiger charge is 2.14. The van der Waals surface area contributed by atoms with Crippen molar-refractivity contribution < 1.29 is 9.32 Å². The van der Waals surface area contributed by atoms with E-state index in [1.807, 2.05) is 0 Å². The van der Waals surface area contributed by atoms with Crippen LogP contribution in [0.25, 0.3) is 0 Å². The summed E-state index contributed by atoms with van der Waals surface area (Å²) in [4.78, 5) is 11.9. The van der Waals surface area contributed by atoms with Crippen LogP contribution in [0.1, 0.15) is 66.7 Å². The SMILES string of the molecule is CCCCCCCCc1nnc(NC(=O)c2cc(C)no2)s1. The molecule has 0 aliphatic rings. The molecule has 0 saturated heterocycles. The van der Waals surface area contributed by atoms with Crippen molar-refractivity contribution >= 4 is 22.4 Å². The molecule has 0 aromatic carbocycles. The van der Waals surface area contributed by atoms with Gasteiger partial charge in [-0.1, -0.05) is 55.5 Å². The Labute approximate surface area is 134 Å². The summed E-state index contributed by atoms with van der Waals surface area (Å²) in [5.41, 5.74) is 0.672. The van der Waals surface area contributed by atoms with Crippen molar-refractivity contribution in [3.8, 4) is 0 Å². The third-order valence-corrected chi connectivity index (χ3v) is 4.18. The van der Waals surface area contributed by atoms with Crippen molar-refractivity contribution in [1.82, 2.24) is 15.4 Å². The highest BCUT2D eigenvalue weighted by atomic mass is 32.1. The monoisotopic (exact) mass is 322 g/mol. The van der Waals surface area contributed by atoms with Gasteiger partial charge in [0.2, 0.25) is 10.9 Å². The van der Waals surface area contributed by atoms with Gasteiger partial charge in [-0.25, -0.2) is 0 Å². The average molecular weight is 322 g/mol. The highest BCUT2D eigenvalue weighted by molar-refractivity contribution is 7.15.